The average Bonchev–Trinajstić information content (AvgIpc) is 3.56. The first kappa shape index (κ1) is 25.6. The molecule has 3 N–H and O–H groups in total. The van der Waals surface area contributed by atoms with Crippen molar-refractivity contribution >= 4 is 0 Å². The molecule has 7 nitrogen and oxygen atoms in total. The van der Waals surface area contributed by atoms with E-state index in [4.69, 9.17) is 9.47 Å². The molecule has 37 heavy (non-hydrogen) atoms. The number of alkyl halides is 1. The first-order valence-electron chi connectivity index (χ1n) is 15.6. The van der Waals surface area contributed by atoms with Gasteiger partial charge >= 0.3 is 0 Å². The van der Waals surface area contributed by atoms with Crippen LogP contribution in [0.3, 0.4) is 0 Å². The fourth-order valence-corrected chi connectivity index (χ4v) is 9.07. The summed E-state index contributed by atoms with van der Waals surface area (Å²) < 4.78 is 28.9. The highest BCUT2D eigenvalue weighted by atomic mass is 19.1. The number of fused-ring (bicyclic) bond motifs is 6. The minimum Gasteiger partial charge on any atom is -0.380 e. The van der Waals surface area contributed by atoms with Crippen molar-refractivity contribution in [2.75, 3.05) is 59.6 Å². The summed E-state index contributed by atoms with van der Waals surface area (Å²) in [4.78, 5) is 5.19. The van der Waals surface area contributed by atoms with Crippen LogP contribution in [0.4, 0.5) is 4.39 Å². The van der Waals surface area contributed by atoms with Crippen LogP contribution in [0.15, 0.2) is 0 Å². The molecule has 7 rings (SSSR count). The topological polar surface area (TPSA) is 61.0 Å². The highest BCUT2D eigenvalue weighted by Gasteiger charge is 2.51. The number of hydrogen-bond acceptors (Lipinski definition) is 7. The summed E-state index contributed by atoms with van der Waals surface area (Å²) in [6, 6.07) is 1.71. The van der Waals surface area contributed by atoms with E-state index in [1.807, 2.05) is 0 Å². The van der Waals surface area contributed by atoms with Gasteiger partial charge < -0.3 is 19.7 Å². The zero-order valence-electron chi connectivity index (χ0n) is 22.9. The van der Waals surface area contributed by atoms with Crippen LogP contribution in [-0.4, -0.2) is 106 Å². The number of piperidine rings is 1. The third-order valence-corrected chi connectivity index (χ3v) is 11.6. The van der Waals surface area contributed by atoms with Gasteiger partial charge in [-0.05, 0) is 76.2 Å². The van der Waals surface area contributed by atoms with Crippen molar-refractivity contribution in [3.05, 3.63) is 0 Å². The largest absolute Gasteiger partial charge is 0.380 e. The third kappa shape index (κ3) is 5.14. The van der Waals surface area contributed by atoms with Gasteiger partial charge in [0.05, 0.1) is 19.3 Å². The molecule has 0 amide bonds. The summed E-state index contributed by atoms with van der Waals surface area (Å²) in [5.74, 6) is 1.61. The minimum atomic E-state index is -0.700. The lowest BCUT2D eigenvalue weighted by Crippen LogP contribution is -2.58. The molecule has 4 bridgehead atoms. The quantitative estimate of drug-likeness (QED) is 0.491. The Morgan fingerprint density at radius 1 is 0.892 bits per heavy atom. The zero-order valence-corrected chi connectivity index (χ0v) is 22.9. The molecule has 0 aromatic heterocycles. The van der Waals surface area contributed by atoms with Gasteiger partial charge in [0.25, 0.3) is 0 Å². The van der Waals surface area contributed by atoms with Crippen LogP contribution in [0.25, 0.3) is 0 Å². The van der Waals surface area contributed by atoms with Crippen LogP contribution in [-0.2, 0) is 9.47 Å². The predicted molar refractivity (Wildman–Crippen MR) is 142 cm³/mol. The fraction of sp³-hybridized carbons (Fsp3) is 1.00. The molecule has 3 saturated carbocycles. The van der Waals surface area contributed by atoms with E-state index in [0.717, 1.165) is 84.6 Å². The number of hydrogen-bond donors (Lipinski definition) is 3. The number of hydrazine groups is 1. The number of ether oxygens (including phenoxy) is 2. The van der Waals surface area contributed by atoms with E-state index in [-0.39, 0.29) is 17.4 Å². The summed E-state index contributed by atoms with van der Waals surface area (Å²) >= 11 is 0. The monoisotopic (exact) mass is 519 g/mol. The van der Waals surface area contributed by atoms with Gasteiger partial charge in [-0.3, -0.25) is 15.8 Å². The van der Waals surface area contributed by atoms with Crippen molar-refractivity contribution < 1.29 is 13.9 Å². The van der Waals surface area contributed by atoms with Crippen molar-refractivity contribution in [1.82, 2.24) is 26.0 Å². The Morgan fingerprint density at radius 2 is 1.76 bits per heavy atom. The number of piperazine rings is 1. The highest BCUT2D eigenvalue weighted by molar-refractivity contribution is 5.06. The lowest BCUT2D eigenvalue weighted by atomic mass is 9.67. The Bertz CT molecular complexity index is 792. The molecule has 4 heterocycles. The second kappa shape index (κ2) is 10.6. The van der Waals surface area contributed by atoms with Crippen molar-refractivity contribution in [3.63, 3.8) is 0 Å². The number of nitrogens with zero attached hydrogens (tertiary/aromatic N) is 2. The van der Waals surface area contributed by atoms with Crippen molar-refractivity contribution in [3.8, 4) is 0 Å². The molecule has 0 radical (unpaired) electrons. The number of halogens is 1. The molecule has 0 aromatic rings. The summed E-state index contributed by atoms with van der Waals surface area (Å²) in [7, 11) is 2.24. The molecular formula is C29H50FN5O2. The Kier molecular flexibility index (Phi) is 7.31. The van der Waals surface area contributed by atoms with Crippen LogP contribution in [0.1, 0.15) is 57.8 Å². The summed E-state index contributed by atoms with van der Waals surface area (Å²) in [5.41, 5.74) is 7.61. The summed E-state index contributed by atoms with van der Waals surface area (Å²) in [5, 5.41) is 3.80. The van der Waals surface area contributed by atoms with Gasteiger partial charge in [-0.2, -0.15) is 0 Å². The van der Waals surface area contributed by atoms with E-state index in [2.05, 4.69) is 33.0 Å². The fourth-order valence-electron chi connectivity index (χ4n) is 9.07. The van der Waals surface area contributed by atoms with E-state index >= 15 is 4.39 Å². The van der Waals surface area contributed by atoms with E-state index in [9.17, 15) is 0 Å². The molecule has 10 unspecified atom stereocenters. The molecule has 0 aromatic carbocycles. The van der Waals surface area contributed by atoms with Gasteiger partial charge in [0.15, 0.2) is 0 Å². The second-order valence-corrected chi connectivity index (χ2v) is 14.0. The van der Waals surface area contributed by atoms with Gasteiger partial charge in [-0.1, -0.05) is 6.42 Å². The van der Waals surface area contributed by atoms with E-state index in [0.29, 0.717) is 42.0 Å². The third-order valence-electron chi connectivity index (χ3n) is 11.6. The molecule has 4 saturated heterocycles. The molecule has 10 atom stereocenters. The van der Waals surface area contributed by atoms with Gasteiger partial charge in [0.1, 0.15) is 6.17 Å². The molecule has 7 aliphatic rings. The molecular weight excluding hydrogens is 469 g/mol. The van der Waals surface area contributed by atoms with Gasteiger partial charge in [-0.15, -0.1) is 0 Å². The van der Waals surface area contributed by atoms with E-state index in [1.54, 1.807) is 0 Å². The Morgan fingerprint density at radius 3 is 2.59 bits per heavy atom. The van der Waals surface area contributed by atoms with Gasteiger partial charge in [0, 0.05) is 74.8 Å². The predicted octanol–water partition coefficient (Wildman–Crippen LogP) is 2.18. The Hall–Kier alpha value is -0.350. The lowest BCUT2D eigenvalue weighted by Gasteiger charge is -2.48. The van der Waals surface area contributed by atoms with Crippen molar-refractivity contribution in [1.29, 1.82) is 0 Å². The Labute approximate surface area is 222 Å². The van der Waals surface area contributed by atoms with Crippen LogP contribution in [0, 0.1) is 29.1 Å². The molecule has 210 valence electrons. The van der Waals surface area contributed by atoms with Crippen molar-refractivity contribution in [2.24, 2.45) is 29.1 Å². The molecule has 3 aliphatic carbocycles. The minimum absolute atomic E-state index is 0.0909. The Balaban J connectivity index is 1.14. The summed E-state index contributed by atoms with van der Waals surface area (Å²) in [6.45, 7) is 7.93. The zero-order chi connectivity index (χ0) is 25.0. The average molecular weight is 520 g/mol. The molecule has 1 spiro atoms. The standard InChI is InChI=1S/C29H50FN5O2/c1-34-9-11-35(12-10-34)25-6-5-19-13-26(25)37-18-29(7-8-29)17-36-16-20-3-2-4-22(30)27(20)23-14-21-24(15-31-23)32-33-28(19)21/h19-28,31-33H,2-18H2,1H3. The van der Waals surface area contributed by atoms with E-state index in [1.165, 1.54) is 25.7 Å². The lowest BCUT2D eigenvalue weighted by molar-refractivity contribution is -0.0856. The molecule has 8 heteroatoms. The molecule has 4 aliphatic heterocycles. The smallest absolute Gasteiger partial charge is 0.105 e. The second-order valence-electron chi connectivity index (χ2n) is 14.0. The number of rotatable bonds is 1. The van der Waals surface area contributed by atoms with Gasteiger partial charge in [-0.25, -0.2) is 4.39 Å². The summed E-state index contributed by atoms with van der Waals surface area (Å²) in [6.07, 6.45) is 9.59. The first-order chi connectivity index (χ1) is 18.1. The van der Waals surface area contributed by atoms with Crippen molar-refractivity contribution in [2.45, 2.75) is 94.2 Å². The van der Waals surface area contributed by atoms with Gasteiger partial charge in [0.2, 0.25) is 0 Å². The van der Waals surface area contributed by atoms with E-state index < -0.39 is 6.17 Å². The van der Waals surface area contributed by atoms with Crippen LogP contribution in [0.5, 0.6) is 0 Å². The normalized spacial score (nSPS) is 49.1. The number of likely N-dealkylation sites (N-methyl/N-ethyl adjacent to an activating group) is 1. The maximum atomic E-state index is 15.5. The maximum Gasteiger partial charge on any atom is 0.105 e. The first-order valence-corrected chi connectivity index (χ1v) is 15.6. The SMILES string of the molecule is CN1CCN(C2CCC3CC2OCC2(CC2)COCC2CCCC(F)C2C2CC4C(CN2)NNC34)CC1. The molecule has 7 fully saturated rings. The van der Waals surface area contributed by atoms with Crippen LogP contribution in [0.2, 0.25) is 0 Å². The maximum absolute atomic E-state index is 15.5. The highest BCUT2D eigenvalue weighted by Crippen LogP contribution is 2.48. The van der Waals surface area contributed by atoms with Crippen LogP contribution >= 0.6 is 0 Å². The van der Waals surface area contributed by atoms with Crippen LogP contribution < -0.4 is 16.2 Å². The number of nitrogens with one attached hydrogen (secondary N) is 3.